The largest absolute Gasteiger partial charge is 0.365 e. The number of amides is 2. The van der Waals surface area contributed by atoms with Gasteiger partial charge in [-0.05, 0) is 31.7 Å². The van der Waals surface area contributed by atoms with Crippen LogP contribution >= 0.6 is 0 Å². The van der Waals surface area contributed by atoms with Crippen LogP contribution in [0.2, 0.25) is 0 Å². The third-order valence-corrected chi connectivity index (χ3v) is 4.87. The highest BCUT2D eigenvalue weighted by atomic mass is 16.2. The van der Waals surface area contributed by atoms with E-state index in [0.29, 0.717) is 30.0 Å². The third kappa shape index (κ3) is 4.25. The maximum absolute atomic E-state index is 12.6. The topological polar surface area (TPSA) is 89.2 Å². The second kappa shape index (κ2) is 8.08. The Morgan fingerprint density at radius 2 is 2.04 bits per heavy atom. The predicted molar refractivity (Wildman–Crippen MR) is 98.6 cm³/mol. The van der Waals surface area contributed by atoms with Gasteiger partial charge in [0.15, 0.2) is 0 Å². The zero-order chi connectivity index (χ0) is 18.5. The maximum atomic E-state index is 12.6. The normalized spacial score (nSPS) is 17.1. The van der Waals surface area contributed by atoms with E-state index < -0.39 is 5.91 Å². The molecular weight excluding hydrogens is 328 g/mol. The van der Waals surface area contributed by atoms with Crippen molar-refractivity contribution >= 4 is 11.8 Å². The number of hydrogen-bond donors (Lipinski definition) is 1. The van der Waals surface area contributed by atoms with Crippen molar-refractivity contribution in [1.29, 1.82) is 0 Å². The molecule has 1 aromatic heterocycles. The third-order valence-electron chi connectivity index (χ3n) is 4.87. The Hall–Kier alpha value is -2.76. The molecule has 2 N–H and O–H groups in total. The lowest BCUT2D eigenvalue weighted by molar-refractivity contribution is -0.132. The summed E-state index contributed by atoms with van der Waals surface area (Å²) in [6.07, 6.45) is 4.64. The van der Waals surface area contributed by atoms with Gasteiger partial charge in [-0.15, -0.1) is 0 Å². The first-order chi connectivity index (χ1) is 12.5. The summed E-state index contributed by atoms with van der Waals surface area (Å²) in [4.78, 5) is 34.6. The summed E-state index contributed by atoms with van der Waals surface area (Å²) in [6, 6.07) is 10.1. The van der Waals surface area contributed by atoms with Gasteiger partial charge in [-0.1, -0.05) is 30.3 Å². The molecule has 136 valence electrons. The van der Waals surface area contributed by atoms with Crippen LogP contribution in [0.3, 0.4) is 0 Å². The molecule has 0 spiro atoms. The number of carbonyl (C=O) groups is 2. The Kier molecular flexibility index (Phi) is 5.61. The van der Waals surface area contributed by atoms with Gasteiger partial charge in [-0.25, -0.2) is 9.97 Å². The average Bonchev–Trinajstić information content (AvgIpc) is 2.66. The molecule has 2 aromatic rings. The fourth-order valence-corrected chi connectivity index (χ4v) is 3.39. The van der Waals surface area contributed by atoms with Crippen molar-refractivity contribution in [2.24, 2.45) is 5.73 Å². The molecule has 3 rings (SSSR count). The minimum atomic E-state index is -0.518. The van der Waals surface area contributed by atoms with Gasteiger partial charge in [-0.3, -0.25) is 9.59 Å². The summed E-state index contributed by atoms with van der Waals surface area (Å²) in [5.74, 6) is 0.442. The molecule has 1 aromatic carbocycles. The summed E-state index contributed by atoms with van der Waals surface area (Å²) < 4.78 is 0. The number of primary amides is 1. The smallest absolute Gasteiger partial charge is 0.252 e. The van der Waals surface area contributed by atoms with E-state index >= 15 is 0 Å². The van der Waals surface area contributed by atoms with Crippen molar-refractivity contribution in [3.63, 3.8) is 0 Å². The van der Waals surface area contributed by atoms with Gasteiger partial charge in [0.25, 0.3) is 5.91 Å². The van der Waals surface area contributed by atoms with Crippen LogP contribution in [0.4, 0.5) is 0 Å². The predicted octanol–water partition coefficient (Wildman–Crippen LogP) is 2.22. The Morgan fingerprint density at radius 1 is 1.27 bits per heavy atom. The molecule has 6 nitrogen and oxygen atoms in total. The van der Waals surface area contributed by atoms with E-state index in [1.165, 1.54) is 11.8 Å². The lowest BCUT2D eigenvalue weighted by Crippen LogP contribution is -2.39. The van der Waals surface area contributed by atoms with E-state index in [4.69, 9.17) is 5.73 Å². The number of nitrogens with zero attached hydrogens (tertiary/aromatic N) is 3. The molecule has 1 aliphatic heterocycles. The van der Waals surface area contributed by atoms with Crippen molar-refractivity contribution in [3.05, 3.63) is 59.2 Å². The molecule has 26 heavy (non-hydrogen) atoms. The number of hydrogen-bond acceptors (Lipinski definition) is 4. The quantitative estimate of drug-likeness (QED) is 0.893. The highest BCUT2D eigenvalue weighted by Gasteiger charge is 2.26. The summed E-state index contributed by atoms with van der Waals surface area (Å²) in [6.45, 7) is 3.17. The highest BCUT2D eigenvalue weighted by Crippen LogP contribution is 2.25. The van der Waals surface area contributed by atoms with E-state index in [0.717, 1.165) is 25.8 Å². The zero-order valence-electron chi connectivity index (χ0n) is 15.0. The Morgan fingerprint density at radius 3 is 2.73 bits per heavy atom. The van der Waals surface area contributed by atoms with Crippen molar-refractivity contribution in [2.75, 3.05) is 13.1 Å². The van der Waals surface area contributed by atoms with Gasteiger partial charge < -0.3 is 10.6 Å². The molecule has 1 saturated heterocycles. The summed E-state index contributed by atoms with van der Waals surface area (Å²) in [7, 11) is 0. The summed E-state index contributed by atoms with van der Waals surface area (Å²) in [5, 5.41) is 0. The van der Waals surface area contributed by atoms with Crippen molar-refractivity contribution in [1.82, 2.24) is 14.9 Å². The van der Waals surface area contributed by atoms with Crippen LogP contribution in [0.1, 0.15) is 52.6 Å². The number of rotatable bonds is 5. The number of aromatic nitrogens is 2. The standard InChI is InChI=1S/C20H24N4O2/c1-14-17(19(21)26)12-22-20(23-14)16-8-5-11-24(13-16)18(25)10-9-15-6-3-2-4-7-15/h2-4,6-7,12,16H,5,8-11,13H2,1H3,(H2,21,26)/t16-/m0/s1. The second-order valence-electron chi connectivity index (χ2n) is 6.76. The van der Waals surface area contributed by atoms with Crippen molar-refractivity contribution in [2.45, 2.75) is 38.5 Å². The van der Waals surface area contributed by atoms with Crippen LogP contribution in [0, 0.1) is 6.92 Å². The number of nitrogens with two attached hydrogens (primary N) is 1. The Bertz CT molecular complexity index is 792. The Balaban J connectivity index is 1.62. The summed E-state index contributed by atoms with van der Waals surface area (Å²) >= 11 is 0. The summed E-state index contributed by atoms with van der Waals surface area (Å²) in [5.41, 5.74) is 7.43. The number of carbonyl (C=O) groups excluding carboxylic acids is 2. The van der Waals surface area contributed by atoms with Crippen LogP contribution in [0.5, 0.6) is 0 Å². The lowest BCUT2D eigenvalue weighted by atomic mass is 9.96. The van der Waals surface area contributed by atoms with E-state index in [1.807, 2.05) is 35.2 Å². The van der Waals surface area contributed by atoms with Gasteiger partial charge in [-0.2, -0.15) is 0 Å². The second-order valence-corrected chi connectivity index (χ2v) is 6.76. The first-order valence-electron chi connectivity index (χ1n) is 8.99. The lowest BCUT2D eigenvalue weighted by Gasteiger charge is -2.32. The van der Waals surface area contributed by atoms with Crippen LogP contribution < -0.4 is 5.73 Å². The minimum Gasteiger partial charge on any atom is -0.365 e. The first-order valence-corrected chi connectivity index (χ1v) is 8.99. The highest BCUT2D eigenvalue weighted by molar-refractivity contribution is 5.93. The average molecular weight is 352 g/mol. The van der Waals surface area contributed by atoms with Crippen LogP contribution in [-0.2, 0) is 11.2 Å². The molecule has 1 atom stereocenters. The fourth-order valence-electron chi connectivity index (χ4n) is 3.39. The molecule has 2 heterocycles. The van der Waals surface area contributed by atoms with E-state index in [-0.39, 0.29) is 11.8 Å². The van der Waals surface area contributed by atoms with Gasteiger partial charge in [0.2, 0.25) is 5.91 Å². The molecule has 0 unspecified atom stereocenters. The van der Waals surface area contributed by atoms with Crippen molar-refractivity contribution < 1.29 is 9.59 Å². The molecule has 1 fully saturated rings. The maximum Gasteiger partial charge on any atom is 0.252 e. The minimum absolute atomic E-state index is 0.102. The van der Waals surface area contributed by atoms with Crippen LogP contribution in [-0.4, -0.2) is 39.8 Å². The number of likely N-dealkylation sites (tertiary alicyclic amines) is 1. The molecule has 2 amide bonds. The van der Waals surface area contributed by atoms with Gasteiger partial charge in [0.1, 0.15) is 5.82 Å². The fraction of sp³-hybridized carbons (Fsp3) is 0.400. The first kappa shape index (κ1) is 18.0. The molecule has 6 heteroatoms. The van der Waals surface area contributed by atoms with E-state index in [1.54, 1.807) is 6.92 Å². The van der Waals surface area contributed by atoms with Crippen LogP contribution in [0.15, 0.2) is 36.5 Å². The van der Waals surface area contributed by atoms with Crippen LogP contribution in [0.25, 0.3) is 0 Å². The Labute approximate surface area is 153 Å². The molecule has 0 saturated carbocycles. The van der Waals surface area contributed by atoms with E-state index in [9.17, 15) is 9.59 Å². The van der Waals surface area contributed by atoms with E-state index in [2.05, 4.69) is 9.97 Å². The zero-order valence-corrected chi connectivity index (χ0v) is 15.0. The molecular formula is C20H24N4O2. The van der Waals surface area contributed by atoms with Gasteiger partial charge >= 0.3 is 0 Å². The van der Waals surface area contributed by atoms with Gasteiger partial charge in [0.05, 0.1) is 11.3 Å². The SMILES string of the molecule is Cc1nc([C@H]2CCCN(C(=O)CCc3ccccc3)C2)ncc1C(N)=O. The number of benzene rings is 1. The number of piperidine rings is 1. The monoisotopic (exact) mass is 352 g/mol. The molecule has 0 radical (unpaired) electrons. The number of aryl methyl sites for hydroxylation is 2. The molecule has 0 bridgehead atoms. The van der Waals surface area contributed by atoms with Crippen molar-refractivity contribution in [3.8, 4) is 0 Å². The molecule has 0 aliphatic carbocycles. The van der Waals surface area contributed by atoms with Gasteiger partial charge in [0, 0.05) is 31.6 Å². The molecule has 1 aliphatic rings.